The molecule has 0 saturated carbocycles. The molecule has 0 atom stereocenters. The standard InChI is InChI=1S/C9H12O2.C4H6O4.C4H10O2/c1-7(2)8-3-5-9(11-10)6-4-8;1-3(5)7-8-4(2)6;1-4(2,3)6-5/h3-7,10H,1-2H3;1-2H3;5H,1-3H3. The first-order valence-electron chi connectivity index (χ1n) is 7.52. The smallest absolute Gasteiger partial charge is 0.340 e. The first-order valence-corrected chi connectivity index (χ1v) is 7.52. The average molecular weight is 360 g/mol. The molecule has 0 amide bonds. The van der Waals surface area contributed by atoms with Gasteiger partial charge in [0.05, 0.1) is 5.60 Å². The van der Waals surface area contributed by atoms with Crippen LogP contribution in [0.15, 0.2) is 24.3 Å². The van der Waals surface area contributed by atoms with E-state index in [1.54, 1.807) is 32.9 Å². The molecule has 2 N–H and O–H groups in total. The van der Waals surface area contributed by atoms with Gasteiger partial charge in [-0.1, -0.05) is 26.0 Å². The SMILES string of the molecule is CC(=O)OOC(C)=O.CC(C)(C)OO.CC(C)c1ccc(OO)cc1. The van der Waals surface area contributed by atoms with Crippen molar-refractivity contribution in [3.05, 3.63) is 29.8 Å². The molecule has 1 aromatic rings. The summed E-state index contributed by atoms with van der Waals surface area (Å²) in [5.74, 6) is -0.280. The molecular weight excluding hydrogens is 332 g/mol. The summed E-state index contributed by atoms with van der Waals surface area (Å²) in [7, 11) is 0. The molecule has 8 heteroatoms. The van der Waals surface area contributed by atoms with E-state index >= 15 is 0 Å². The molecular formula is C17H28O8. The van der Waals surface area contributed by atoms with Crippen LogP contribution in [0.3, 0.4) is 0 Å². The predicted octanol–water partition coefficient (Wildman–Crippen LogP) is 3.96. The predicted molar refractivity (Wildman–Crippen MR) is 90.8 cm³/mol. The van der Waals surface area contributed by atoms with Crippen molar-refractivity contribution in [2.24, 2.45) is 0 Å². The lowest BCUT2D eigenvalue weighted by molar-refractivity contribution is -0.306. The summed E-state index contributed by atoms with van der Waals surface area (Å²) in [5.41, 5.74) is 0.839. The Kier molecular flexibility index (Phi) is 13.2. The summed E-state index contributed by atoms with van der Waals surface area (Å²) in [6.45, 7) is 11.8. The van der Waals surface area contributed by atoms with E-state index in [1.165, 1.54) is 5.56 Å². The third kappa shape index (κ3) is 18.0. The molecule has 1 rings (SSSR count). The lowest BCUT2D eigenvalue weighted by Crippen LogP contribution is -2.15. The Morgan fingerprint density at radius 3 is 1.48 bits per heavy atom. The Morgan fingerprint density at radius 1 is 0.920 bits per heavy atom. The number of hydrogen-bond donors (Lipinski definition) is 2. The van der Waals surface area contributed by atoms with Gasteiger partial charge in [0.15, 0.2) is 5.75 Å². The van der Waals surface area contributed by atoms with Gasteiger partial charge >= 0.3 is 11.9 Å². The van der Waals surface area contributed by atoms with Gasteiger partial charge in [-0.15, -0.1) is 0 Å². The first kappa shape index (κ1) is 25.1. The summed E-state index contributed by atoms with van der Waals surface area (Å²) in [5, 5.41) is 16.2. The fourth-order valence-corrected chi connectivity index (χ4v) is 1.03. The van der Waals surface area contributed by atoms with Crippen LogP contribution in [0.2, 0.25) is 0 Å². The van der Waals surface area contributed by atoms with Gasteiger partial charge in [0, 0.05) is 13.8 Å². The molecule has 0 radical (unpaired) electrons. The molecule has 0 unspecified atom stereocenters. The maximum absolute atomic E-state index is 9.85. The van der Waals surface area contributed by atoms with Crippen LogP contribution in [0.25, 0.3) is 0 Å². The van der Waals surface area contributed by atoms with Crippen molar-refractivity contribution in [2.75, 3.05) is 0 Å². The topological polar surface area (TPSA) is 112 Å². The Hall–Kier alpha value is -2.16. The van der Waals surface area contributed by atoms with E-state index < -0.39 is 17.5 Å². The van der Waals surface area contributed by atoms with E-state index in [-0.39, 0.29) is 0 Å². The minimum atomic E-state index is -0.639. The Labute approximate surface area is 148 Å². The minimum Gasteiger partial charge on any atom is -0.340 e. The summed E-state index contributed by atoms with van der Waals surface area (Å²) in [6, 6.07) is 7.37. The second kappa shape index (κ2) is 13.2. The highest BCUT2D eigenvalue weighted by Gasteiger charge is 2.07. The maximum Gasteiger partial charge on any atom is 0.352 e. The number of carbonyl (C=O) groups is 2. The summed E-state index contributed by atoms with van der Waals surface area (Å²) in [6.07, 6.45) is 0. The molecule has 0 aliphatic heterocycles. The van der Waals surface area contributed by atoms with E-state index in [9.17, 15) is 9.59 Å². The van der Waals surface area contributed by atoms with Crippen LogP contribution in [0.1, 0.15) is 59.9 Å². The van der Waals surface area contributed by atoms with Gasteiger partial charge in [-0.05, 0) is 44.4 Å². The van der Waals surface area contributed by atoms with E-state index in [0.717, 1.165) is 13.8 Å². The lowest BCUT2D eigenvalue weighted by atomic mass is 10.0. The van der Waals surface area contributed by atoms with Crippen molar-refractivity contribution < 1.29 is 39.7 Å². The summed E-state index contributed by atoms with van der Waals surface area (Å²) in [4.78, 5) is 35.3. The highest BCUT2D eigenvalue weighted by molar-refractivity contribution is 5.69. The molecule has 0 fully saturated rings. The minimum absolute atomic E-state index is 0.403. The monoisotopic (exact) mass is 360 g/mol. The number of rotatable bonds is 2. The van der Waals surface area contributed by atoms with Gasteiger partial charge in [-0.2, -0.15) is 0 Å². The zero-order chi connectivity index (χ0) is 20.0. The van der Waals surface area contributed by atoms with E-state index in [2.05, 4.69) is 33.4 Å². The van der Waals surface area contributed by atoms with Crippen LogP contribution < -0.4 is 4.89 Å². The second-order valence-electron chi connectivity index (χ2n) is 6.17. The zero-order valence-electron chi connectivity index (χ0n) is 15.7. The van der Waals surface area contributed by atoms with Crippen molar-refractivity contribution >= 4 is 11.9 Å². The molecule has 8 nitrogen and oxygen atoms in total. The third-order valence-electron chi connectivity index (χ3n) is 2.20. The lowest BCUT2D eigenvalue weighted by Gasteiger charge is -2.10. The molecule has 0 spiro atoms. The summed E-state index contributed by atoms with van der Waals surface area (Å²) >= 11 is 0. The first-order chi connectivity index (χ1) is 11.4. The number of benzene rings is 1. The van der Waals surface area contributed by atoms with Crippen LogP contribution in [0.5, 0.6) is 5.75 Å². The van der Waals surface area contributed by atoms with E-state index in [4.69, 9.17) is 10.5 Å². The van der Waals surface area contributed by atoms with Gasteiger partial charge in [0.1, 0.15) is 0 Å². The highest BCUT2D eigenvalue weighted by atomic mass is 17.2. The van der Waals surface area contributed by atoms with Gasteiger partial charge in [-0.3, -0.25) is 5.26 Å². The molecule has 0 bridgehead atoms. The molecule has 0 aliphatic rings. The van der Waals surface area contributed by atoms with Gasteiger partial charge in [-0.25, -0.2) is 29.5 Å². The number of carbonyl (C=O) groups excluding carboxylic acids is 2. The fourth-order valence-electron chi connectivity index (χ4n) is 1.03. The van der Waals surface area contributed by atoms with Crippen LogP contribution in [-0.4, -0.2) is 28.1 Å². The highest BCUT2D eigenvalue weighted by Crippen LogP contribution is 2.17. The molecule has 0 aromatic heterocycles. The van der Waals surface area contributed by atoms with Crippen molar-refractivity contribution in [3.8, 4) is 5.75 Å². The van der Waals surface area contributed by atoms with Crippen molar-refractivity contribution in [1.82, 2.24) is 0 Å². The maximum atomic E-state index is 9.85. The van der Waals surface area contributed by atoms with Crippen LogP contribution >= 0.6 is 0 Å². The molecule has 144 valence electrons. The average Bonchev–Trinajstić information content (AvgIpc) is 2.53. The summed E-state index contributed by atoms with van der Waals surface area (Å²) < 4.78 is 0. The van der Waals surface area contributed by atoms with Gasteiger partial charge in [0.2, 0.25) is 0 Å². The van der Waals surface area contributed by atoms with Crippen LogP contribution in [0.4, 0.5) is 0 Å². The largest absolute Gasteiger partial charge is 0.352 e. The normalized spacial score (nSPS) is 9.84. The second-order valence-corrected chi connectivity index (χ2v) is 6.17. The molecule has 25 heavy (non-hydrogen) atoms. The fraction of sp³-hybridized carbons (Fsp3) is 0.529. The molecule has 0 aliphatic carbocycles. The Morgan fingerprint density at radius 2 is 1.28 bits per heavy atom. The Bertz CT molecular complexity index is 474. The van der Waals surface area contributed by atoms with Crippen molar-refractivity contribution in [2.45, 2.75) is 60.0 Å². The molecule has 1 aromatic carbocycles. The van der Waals surface area contributed by atoms with Crippen molar-refractivity contribution in [3.63, 3.8) is 0 Å². The Balaban J connectivity index is 0. The molecule has 0 heterocycles. The van der Waals surface area contributed by atoms with Gasteiger partial charge < -0.3 is 4.89 Å². The quantitative estimate of drug-likeness (QED) is 0.602. The molecule has 0 saturated heterocycles. The van der Waals surface area contributed by atoms with Crippen molar-refractivity contribution in [1.29, 1.82) is 0 Å². The van der Waals surface area contributed by atoms with Crippen LogP contribution in [0, 0.1) is 0 Å². The number of hydrogen-bond acceptors (Lipinski definition) is 8. The van der Waals surface area contributed by atoms with E-state index in [0.29, 0.717) is 11.7 Å². The van der Waals surface area contributed by atoms with E-state index in [1.807, 2.05) is 12.1 Å². The zero-order valence-corrected chi connectivity index (χ0v) is 15.7. The van der Waals surface area contributed by atoms with Gasteiger partial charge in [0.25, 0.3) is 0 Å². The van der Waals surface area contributed by atoms with Crippen LogP contribution in [-0.2, 0) is 24.3 Å². The third-order valence-corrected chi connectivity index (χ3v) is 2.20.